The fraction of sp³-hybridized carbons (Fsp3) is 0.588. The molecule has 0 amide bonds. The van der Waals surface area contributed by atoms with Gasteiger partial charge in [0.05, 0.1) is 27.1 Å². The summed E-state index contributed by atoms with van der Waals surface area (Å²) in [5.74, 6) is 1.00. The van der Waals surface area contributed by atoms with Gasteiger partial charge in [-0.15, -0.1) is 0 Å². The average molecular weight is 260 g/mol. The van der Waals surface area contributed by atoms with E-state index in [1.807, 2.05) is 12.1 Å². The smallest absolute Gasteiger partial charge is 0.168 e. The number of benzene rings is 1. The zero-order valence-corrected chi connectivity index (χ0v) is 12.2. The van der Waals surface area contributed by atoms with Gasteiger partial charge in [0.2, 0.25) is 0 Å². The molecule has 0 aromatic heterocycles. The third kappa shape index (κ3) is 4.17. The van der Waals surface area contributed by atoms with Crippen LogP contribution in [0.2, 0.25) is 0 Å². The molecule has 19 heavy (non-hydrogen) atoms. The van der Waals surface area contributed by atoms with Crippen molar-refractivity contribution in [3.05, 3.63) is 35.4 Å². The Morgan fingerprint density at radius 2 is 1.74 bits per heavy atom. The summed E-state index contributed by atoms with van der Waals surface area (Å²) in [6, 6.07) is 8.39. The van der Waals surface area contributed by atoms with Crippen molar-refractivity contribution in [3.63, 3.8) is 0 Å². The van der Waals surface area contributed by atoms with Gasteiger partial charge >= 0.3 is 0 Å². The van der Waals surface area contributed by atoms with Gasteiger partial charge in [-0.2, -0.15) is 0 Å². The Kier molecular flexibility index (Phi) is 5.15. The molecule has 1 N–H and O–H groups in total. The summed E-state index contributed by atoms with van der Waals surface area (Å²) in [4.78, 5) is 13.3. The maximum atomic E-state index is 12.0. The van der Waals surface area contributed by atoms with E-state index in [2.05, 4.69) is 26.2 Å². The van der Waals surface area contributed by atoms with Gasteiger partial charge in [-0.3, -0.25) is 4.79 Å². The lowest BCUT2D eigenvalue weighted by Crippen LogP contribution is -3.05. The number of ketones is 1. The number of rotatable bonds is 5. The predicted octanol–water partition coefficient (Wildman–Crippen LogP) is 2.45. The number of hydrogen-bond donors (Lipinski definition) is 1. The molecule has 0 radical (unpaired) electrons. The zero-order valence-electron chi connectivity index (χ0n) is 12.2. The molecule has 2 rings (SSSR count). The molecule has 104 valence electrons. The van der Waals surface area contributed by atoms with Crippen molar-refractivity contribution in [1.29, 1.82) is 0 Å². The van der Waals surface area contributed by atoms with Crippen molar-refractivity contribution in [2.24, 2.45) is 0 Å². The molecule has 0 unspecified atom stereocenters. The Labute approximate surface area is 116 Å². The first-order valence-corrected chi connectivity index (χ1v) is 7.59. The summed E-state index contributed by atoms with van der Waals surface area (Å²) in [5.41, 5.74) is 2.30. The first kappa shape index (κ1) is 14.3. The molecule has 1 aromatic rings. The van der Waals surface area contributed by atoms with Crippen LogP contribution in [0, 0.1) is 0 Å². The van der Waals surface area contributed by atoms with Crippen LogP contribution in [0.4, 0.5) is 0 Å². The molecule has 1 aliphatic carbocycles. The lowest BCUT2D eigenvalue weighted by atomic mass is 9.84. The molecule has 0 spiro atoms. The van der Waals surface area contributed by atoms with Gasteiger partial charge in [-0.1, -0.05) is 43.5 Å². The Hall–Kier alpha value is -1.15. The van der Waals surface area contributed by atoms with Crippen molar-refractivity contribution in [3.8, 4) is 0 Å². The molecule has 0 saturated heterocycles. The second kappa shape index (κ2) is 6.85. The first-order valence-electron chi connectivity index (χ1n) is 7.59. The zero-order chi connectivity index (χ0) is 13.7. The van der Waals surface area contributed by atoms with Gasteiger partial charge in [0.25, 0.3) is 0 Å². The summed E-state index contributed by atoms with van der Waals surface area (Å²) in [6.07, 6.45) is 7.38. The van der Waals surface area contributed by atoms with Crippen molar-refractivity contribution in [2.75, 3.05) is 20.6 Å². The van der Waals surface area contributed by atoms with E-state index in [-0.39, 0.29) is 5.78 Å². The van der Waals surface area contributed by atoms with E-state index in [0.717, 1.165) is 18.0 Å². The predicted molar refractivity (Wildman–Crippen MR) is 78.9 cm³/mol. The monoisotopic (exact) mass is 260 g/mol. The van der Waals surface area contributed by atoms with Crippen LogP contribution in [0.3, 0.4) is 0 Å². The van der Waals surface area contributed by atoms with Crippen LogP contribution in [-0.2, 0) is 0 Å². The highest BCUT2D eigenvalue weighted by molar-refractivity contribution is 5.96. The van der Waals surface area contributed by atoms with Crippen LogP contribution >= 0.6 is 0 Å². The van der Waals surface area contributed by atoms with Crippen LogP contribution in [0.15, 0.2) is 24.3 Å². The van der Waals surface area contributed by atoms with Gasteiger partial charge in [-0.25, -0.2) is 0 Å². The minimum Gasteiger partial charge on any atom is -0.339 e. The Morgan fingerprint density at radius 1 is 1.11 bits per heavy atom. The van der Waals surface area contributed by atoms with E-state index in [0.29, 0.717) is 6.42 Å². The van der Waals surface area contributed by atoms with Gasteiger partial charge < -0.3 is 4.90 Å². The first-order chi connectivity index (χ1) is 9.16. The largest absolute Gasteiger partial charge is 0.339 e. The lowest BCUT2D eigenvalue weighted by Gasteiger charge is -2.22. The topological polar surface area (TPSA) is 21.5 Å². The quantitative estimate of drug-likeness (QED) is 0.807. The van der Waals surface area contributed by atoms with E-state index in [1.54, 1.807) is 0 Å². The van der Waals surface area contributed by atoms with Crippen LogP contribution in [0.1, 0.15) is 60.4 Å². The van der Waals surface area contributed by atoms with Gasteiger partial charge in [-0.05, 0) is 24.3 Å². The minimum atomic E-state index is 0.274. The summed E-state index contributed by atoms with van der Waals surface area (Å²) in [6.45, 7) is 0.906. The van der Waals surface area contributed by atoms with E-state index >= 15 is 0 Å². The molecule has 1 aliphatic rings. The van der Waals surface area contributed by atoms with Crippen LogP contribution in [0.25, 0.3) is 0 Å². The summed E-state index contributed by atoms with van der Waals surface area (Å²) >= 11 is 0. The number of hydrogen-bond acceptors (Lipinski definition) is 1. The molecule has 0 aliphatic heterocycles. The average Bonchev–Trinajstić information content (AvgIpc) is 2.46. The second-order valence-electron chi connectivity index (χ2n) is 6.09. The minimum absolute atomic E-state index is 0.274. The van der Waals surface area contributed by atoms with Crippen molar-refractivity contribution >= 4 is 5.78 Å². The molecular weight excluding hydrogens is 234 g/mol. The molecular formula is C17H26NO+. The normalized spacial score (nSPS) is 16.8. The van der Waals surface area contributed by atoms with E-state index in [1.165, 1.54) is 42.6 Å². The third-order valence-corrected chi connectivity index (χ3v) is 4.16. The maximum Gasteiger partial charge on any atom is 0.168 e. The number of carbonyl (C=O) groups excluding carboxylic acids is 1. The van der Waals surface area contributed by atoms with Crippen LogP contribution in [0.5, 0.6) is 0 Å². The molecule has 0 heterocycles. The Bertz CT molecular complexity index is 402. The van der Waals surface area contributed by atoms with Crippen molar-refractivity contribution in [2.45, 2.75) is 44.4 Å². The highest BCUT2D eigenvalue weighted by Gasteiger charge is 2.16. The number of carbonyl (C=O) groups is 1. The molecule has 2 heteroatoms. The standard InChI is InChI=1S/C17H25NO/c1-18(2)13-12-17(19)16-10-8-15(9-11-16)14-6-4-3-5-7-14/h8-11,14H,3-7,12-13H2,1-2H3/p+1. The summed E-state index contributed by atoms with van der Waals surface area (Å²) in [5, 5.41) is 0. The molecule has 0 bridgehead atoms. The van der Waals surface area contributed by atoms with E-state index < -0.39 is 0 Å². The number of Topliss-reactive ketones (excluding diaryl/α,β-unsaturated/α-hetero) is 1. The lowest BCUT2D eigenvalue weighted by molar-refractivity contribution is -0.857. The molecule has 1 saturated carbocycles. The van der Waals surface area contributed by atoms with E-state index in [9.17, 15) is 4.79 Å². The molecule has 0 atom stereocenters. The SMILES string of the molecule is C[NH+](C)CCC(=O)c1ccc(C2CCCCC2)cc1. The van der Waals surface area contributed by atoms with Crippen molar-refractivity contribution in [1.82, 2.24) is 0 Å². The van der Waals surface area contributed by atoms with Gasteiger partial charge in [0, 0.05) is 5.56 Å². The molecule has 1 aromatic carbocycles. The highest BCUT2D eigenvalue weighted by Crippen LogP contribution is 2.32. The summed E-state index contributed by atoms with van der Waals surface area (Å²) < 4.78 is 0. The fourth-order valence-electron chi connectivity index (χ4n) is 2.88. The second-order valence-corrected chi connectivity index (χ2v) is 6.09. The van der Waals surface area contributed by atoms with Gasteiger partial charge in [0.15, 0.2) is 5.78 Å². The highest BCUT2D eigenvalue weighted by atomic mass is 16.1. The van der Waals surface area contributed by atoms with Crippen molar-refractivity contribution < 1.29 is 9.69 Å². The van der Waals surface area contributed by atoms with Gasteiger partial charge in [0.1, 0.15) is 0 Å². The number of nitrogens with one attached hydrogen (secondary N) is 1. The Morgan fingerprint density at radius 3 is 2.32 bits per heavy atom. The van der Waals surface area contributed by atoms with Crippen LogP contribution in [-0.4, -0.2) is 26.4 Å². The number of quaternary nitrogens is 1. The van der Waals surface area contributed by atoms with E-state index in [4.69, 9.17) is 0 Å². The summed E-state index contributed by atoms with van der Waals surface area (Å²) in [7, 11) is 4.17. The maximum absolute atomic E-state index is 12.0. The molecule has 2 nitrogen and oxygen atoms in total. The molecule has 1 fully saturated rings. The fourth-order valence-corrected chi connectivity index (χ4v) is 2.88. The van der Waals surface area contributed by atoms with Crippen LogP contribution < -0.4 is 4.90 Å². The Balaban J connectivity index is 1.95. The third-order valence-electron chi connectivity index (χ3n) is 4.16.